The predicted molar refractivity (Wildman–Crippen MR) is 97.6 cm³/mol. The second-order valence-electron chi connectivity index (χ2n) is 5.38. The Morgan fingerprint density at radius 3 is 2.00 bits per heavy atom. The Balaban J connectivity index is 1.45. The van der Waals surface area contributed by atoms with Crippen LogP contribution in [-0.4, -0.2) is 13.2 Å². The summed E-state index contributed by atoms with van der Waals surface area (Å²) in [6.07, 6.45) is 0. The van der Waals surface area contributed by atoms with E-state index in [-0.39, 0.29) is 0 Å². The van der Waals surface area contributed by atoms with E-state index in [1.165, 1.54) is 5.56 Å². The van der Waals surface area contributed by atoms with E-state index in [4.69, 9.17) is 9.47 Å². The van der Waals surface area contributed by atoms with Crippen LogP contribution in [0.4, 0.5) is 5.69 Å². The maximum Gasteiger partial charge on any atom is 0.122 e. The van der Waals surface area contributed by atoms with Gasteiger partial charge in [-0.2, -0.15) is 0 Å². The van der Waals surface area contributed by atoms with Gasteiger partial charge in [0.05, 0.1) is 0 Å². The molecule has 0 bridgehead atoms. The Bertz CT molecular complexity index is 729. The van der Waals surface area contributed by atoms with Crippen molar-refractivity contribution in [1.29, 1.82) is 0 Å². The zero-order valence-electron chi connectivity index (χ0n) is 13.5. The number of nitrogens with one attached hydrogen (secondary N) is 1. The molecule has 24 heavy (non-hydrogen) atoms. The molecule has 0 heterocycles. The third-order valence-electron chi connectivity index (χ3n) is 3.54. The highest BCUT2D eigenvalue weighted by atomic mass is 16.5. The Kier molecular flexibility index (Phi) is 5.73. The van der Waals surface area contributed by atoms with E-state index >= 15 is 0 Å². The highest BCUT2D eigenvalue weighted by molar-refractivity contribution is 5.48. The molecule has 0 aromatic heterocycles. The summed E-state index contributed by atoms with van der Waals surface area (Å²) in [6.45, 7) is 1.82. The zero-order valence-corrected chi connectivity index (χ0v) is 13.5. The summed E-state index contributed by atoms with van der Waals surface area (Å²) in [5.41, 5.74) is 2.29. The zero-order chi connectivity index (χ0) is 16.5. The van der Waals surface area contributed by atoms with Gasteiger partial charge in [-0.1, -0.05) is 54.6 Å². The molecule has 0 spiro atoms. The summed E-state index contributed by atoms with van der Waals surface area (Å²) in [5, 5.41) is 3.41. The number of hydrogen-bond acceptors (Lipinski definition) is 3. The summed E-state index contributed by atoms with van der Waals surface area (Å²) in [6, 6.07) is 28.1. The summed E-state index contributed by atoms with van der Waals surface area (Å²) in [5.74, 6) is 1.70. The number of benzene rings is 3. The minimum Gasteiger partial charge on any atom is -0.490 e. The Labute approximate surface area is 142 Å². The second kappa shape index (κ2) is 8.63. The van der Waals surface area contributed by atoms with Crippen LogP contribution in [0.1, 0.15) is 5.56 Å². The van der Waals surface area contributed by atoms with Crippen molar-refractivity contribution < 1.29 is 9.47 Å². The maximum absolute atomic E-state index is 5.76. The van der Waals surface area contributed by atoms with Gasteiger partial charge in [0.2, 0.25) is 0 Å². The third kappa shape index (κ3) is 5.06. The fourth-order valence-electron chi connectivity index (χ4n) is 2.33. The van der Waals surface area contributed by atoms with E-state index in [1.54, 1.807) is 0 Å². The molecule has 0 aliphatic carbocycles. The van der Waals surface area contributed by atoms with Crippen molar-refractivity contribution >= 4 is 5.69 Å². The number of anilines is 1. The topological polar surface area (TPSA) is 30.5 Å². The molecule has 0 unspecified atom stereocenters. The summed E-state index contributed by atoms with van der Waals surface area (Å²) in [4.78, 5) is 0. The first-order chi connectivity index (χ1) is 11.9. The number of rotatable bonds is 8. The molecule has 0 fully saturated rings. The largest absolute Gasteiger partial charge is 0.490 e. The van der Waals surface area contributed by atoms with E-state index < -0.39 is 0 Å². The minimum absolute atomic E-state index is 0.511. The molecule has 0 saturated carbocycles. The van der Waals surface area contributed by atoms with E-state index in [0.29, 0.717) is 13.2 Å². The highest BCUT2D eigenvalue weighted by Crippen LogP contribution is 2.18. The van der Waals surface area contributed by atoms with Crippen molar-refractivity contribution in [3.63, 3.8) is 0 Å². The van der Waals surface area contributed by atoms with Crippen molar-refractivity contribution in [2.45, 2.75) is 6.54 Å². The molecule has 0 aliphatic rings. The van der Waals surface area contributed by atoms with Gasteiger partial charge in [0, 0.05) is 18.3 Å². The van der Waals surface area contributed by atoms with Crippen LogP contribution in [0.5, 0.6) is 11.5 Å². The number of ether oxygens (including phenoxy) is 2. The first-order valence-corrected chi connectivity index (χ1v) is 8.09. The predicted octanol–water partition coefficient (Wildman–Crippen LogP) is 4.76. The van der Waals surface area contributed by atoms with Crippen LogP contribution in [0.2, 0.25) is 0 Å². The number of hydrogen-bond donors (Lipinski definition) is 1. The maximum atomic E-state index is 5.76. The Morgan fingerprint density at radius 1 is 0.625 bits per heavy atom. The molecule has 3 heteroatoms. The first kappa shape index (κ1) is 15.9. The molecule has 0 radical (unpaired) electrons. The normalized spacial score (nSPS) is 10.2. The Morgan fingerprint density at radius 2 is 1.25 bits per heavy atom. The molecule has 0 aliphatic heterocycles. The SMILES string of the molecule is c1ccc(CNc2cccc(OCCOc3ccccc3)c2)cc1. The molecule has 3 rings (SSSR count). The van der Waals surface area contributed by atoms with Gasteiger partial charge in [-0.3, -0.25) is 0 Å². The van der Waals surface area contributed by atoms with Gasteiger partial charge in [0.25, 0.3) is 0 Å². The van der Waals surface area contributed by atoms with Crippen LogP contribution < -0.4 is 14.8 Å². The molecule has 3 nitrogen and oxygen atoms in total. The molecule has 0 amide bonds. The van der Waals surface area contributed by atoms with Crippen molar-refractivity contribution in [3.05, 3.63) is 90.5 Å². The van der Waals surface area contributed by atoms with Crippen LogP contribution >= 0.6 is 0 Å². The average Bonchev–Trinajstić information content (AvgIpc) is 2.66. The number of para-hydroxylation sites is 1. The van der Waals surface area contributed by atoms with E-state index in [9.17, 15) is 0 Å². The van der Waals surface area contributed by atoms with Crippen LogP contribution in [0.3, 0.4) is 0 Å². The summed E-state index contributed by atoms with van der Waals surface area (Å²) in [7, 11) is 0. The quantitative estimate of drug-likeness (QED) is 0.607. The fraction of sp³-hybridized carbons (Fsp3) is 0.143. The lowest BCUT2D eigenvalue weighted by atomic mass is 10.2. The molecule has 0 saturated heterocycles. The molecule has 122 valence electrons. The fourth-order valence-corrected chi connectivity index (χ4v) is 2.33. The average molecular weight is 319 g/mol. The molecule has 0 atom stereocenters. The van der Waals surface area contributed by atoms with E-state index in [0.717, 1.165) is 23.7 Å². The minimum atomic E-state index is 0.511. The third-order valence-corrected chi connectivity index (χ3v) is 3.54. The van der Waals surface area contributed by atoms with Crippen molar-refractivity contribution in [3.8, 4) is 11.5 Å². The van der Waals surface area contributed by atoms with E-state index in [2.05, 4.69) is 17.4 Å². The molecule has 3 aromatic carbocycles. The lowest BCUT2D eigenvalue weighted by Gasteiger charge is -2.11. The van der Waals surface area contributed by atoms with Gasteiger partial charge < -0.3 is 14.8 Å². The lowest BCUT2D eigenvalue weighted by Crippen LogP contribution is -2.09. The van der Waals surface area contributed by atoms with Gasteiger partial charge in [0.1, 0.15) is 24.7 Å². The van der Waals surface area contributed by atoms with Crippen LogP contribution in [0.15, 0.2) is 84.9 Å². The van der Waals surface area contributed by atoms with Crippen molar-refractivity contribution in [2.75, 3.05) is 18.5 Å². The molecular formula is C21H21NO2. The van der Waals surface area contributed by atoms with Gasteiger partial charge in [-0.05, 0) is 29.8 Å². The van der Waals surface area contributed by atoms with Crippen LogP contribution in [0.25, 0.3) is 0 Å². The van der Waals surface area contributed by atoms with Crippen LogP contribution in [-0.2, 0) is 6.54 Å². The van der Waals surface area contributed by atoms with Crippen molar-refractivity contribution in [2.24, 2.45) is 0 Å². The van der Waals surface area contributed by atoms with E-state index in [1.807, 2.05) is 72.8 Å². The first-order valence-electron chi connectivity index (χ1n) is 8.09. The van der Waals surface area contributed by atoms with Crippen LogP contribution in [0, 0.1) is 0 Å². The summed E-state index contributed by atoms with van der Waals surface area (Å²) >= 11 is 0. The lowest BCUT2D eigenvalue weighted by molar-refractivity contribution is 0.217. The monoisotopic (exact) mass is 319 g/mol. The second-order valence-corrected chi connectivity index (χ2v) is 5.38. The Hall–Kier alpha value is -2.94. The standard InChI is InChI=1S/C21H21NO2/c1-3-8-18(9-4-1)17-22-19-10-7-13-21(16-19)24-15-14-23-20-11-5-2-6-12-20/h1-13,16,22H,14-15,17H2. The summed E-state index contributed by atoms with van der Waals surface area (Å²) < 4.78 is 11.4. The molecular weight excluding hydrogens is 298 g/mol. The van der Waals surface area contributed by atoms with Gasteiger partial charge in [-0.25, -0.2) is 0 Å². The van der Waals surface area contributed by atoms with Gasteiger partial charge >= 0.3 is 0 Å². The smallest absolute Gasteiger partial charge is 0.122 e. The van der Waals surface area contributed by atoms with Gasteiger partial charge in [-0.15, -0.1) is 0 Å². The van der Waals surface area contributed by atoms with Gasteiger partial charge in [0.15, 0.2) is 0 Å². The van der Waals surface area contributed by atoms with Crippen molar-refractivity contribution in [1.82, 2.24) is 0 Å². The molecule has 3 aromatic rings. The highest BCUT2D eigenvalue weighted by Gasteiger charge is 1.98. The molecule has 1 N–H and O–H groups in total.